The Morgan fingerprint density at radius 1 is 1.33 bits per heavy atom. The van der Waals surface area contributed by atoms with Gasteiger partial charge in [-0.25, -0.2) is 4.98 Å². The van der Waals surface area contributed by atoms with E-state index in [0.717, 1.165) is 24.8 Å². The van der Waals surface area contributed by atoms with Crippen LogP contribution in [0, 0.1) is 0 Å². The first-order valence-electron chi connectivity index (χ1n) is 7.57. The molecule has 2 rings (SSSR count). The van der Waals surface area contributed by atoms with Crippen molar-refractivity contribution >= 4 is 16.5 Å². The van der Waals surface area contributed by atoms with Gasteiger partial charge in [0.2, 0.25) is 0 Å². The zero-order valence-electron chi connectivity index (χ0n) is 13.3. The van der Waals surface area contributed by atoms with E-state index < -0.39 is 0 Å². The van der Waals surface area contributed by atoms with Gasteiger partial charge in [-0.3, -0.25) is 4.68 Å². The predicted molar refractivity (Wildman–Crippen MR) is 88.9 cm³/mol. The van der Waals surface area contributed by atoms with Gasteiger partial charge in [0.25, 0.3) is 0 Å². The molecule has 5 nitrogen and oxygen atoms in total. The van der Waals surface area contributed by atoms with E-state index in [-0.39, 0.29) is 0 Å². The molecule has 0 aliphatic rings. The second-order valence-electron chi connectivity index (χ2n) is 5.18. The van der Waals surface area contributed by atoms with E-state index in [9.17, 15) is 0 Å². The highest BCUT2D eigenvalue weighted by Crippen LogP contribution is 2.22. The highest BCUT2D eigenvalue weighted by atomic mass is 32.1. The van der Waals surface area contributed by atoms with Gasteiger partial charge in [-0.1, -0.05) is 0 Å². The van der Waals surface area contributed by atoms with E-state index >= 15 is 0 Å². The highest BCUT2D eigenvalue weighted by molar-refractivity contribution is 7.15. The third kappa shape index (κ3) is 4.04. The normalized spacial score (nSPS) is 14.1. The van der Waals surface area contributed by atoms with Gasteiger partial charge in [-0.05, 0) is 33.8 Å². The molecule has 116 valence electrons. The molecular weight excluding hydrogens is 282 g/mol. The van der Waals surface area contributed by atoms with E-state index in [1.165, 1.54) is 4.88 Å². The van der Waals surface area contributed by atoms with Crippen LogP contribution in [0.2, 0.25) is 0 Å². The summed E-state index contributed by atoms with van der Waals surface area (Å²) in [4.78, 5) is 8.07. The van der Waals surface area contributed by atoms with E-state index in [1.807, 2.05) is 29.3 Å². The molecular formula is C15H25N5S. The van der Waals surface area contributed by atoms with Crippen LogP contribution in [0.4, 0.5) is 5.13 Å². The largest absolute Gasteiger partial charge is 0.349 e. The fourth-order valence-corrected chi connectivity index (χ4v) is 3.19. The monoisotopic (exact) mass is 307 g/mol. The van der Waals surface area contributed by atoms with Gasteiger partial charge in [0.1, 0.15) is 0 Å². The number of aromatic nitrogens is 3. The van der Waals surface area contributed by atoms with Crippen molar-refractivity contribution in [2.45, 2.75) is 46.3 Å². The van der Waals surface area contributed by atoms with Crippen molar-refractivity contribution in [2.75, 3.05) is 18.0 Å². The molecule has 2 aromatic heterocycles. The van der Waals surface area contributed by atoms with Crippen molar-refractivity contribution < 1.29 is 0 Å². The summed E-state index contributed by atoms with van der Waals surface area (Å²) < 4.78 is 1.99. The molecule has 2 heterocycles. The topological polar surface area (TPSA) is 46.0 Å². The molecule has 0 fully saturated rings. The summed E-state index contributed by atoms with van der Waals surface area (Å²) in [7, 11) is 0. The standard InChI is InChI=1S/C15H25N5S/c1-5-19(6-2)15-17-11-14(21-15)10-16-12(3)13(4)20-9-7-8-18-20/h7-9,11-13,16H,5-6,10H2,1-4H3/t12-,13-/m1/s1. The van der Waals surface area contributed by atoms with Crippen LogP contribution in [-0.4, -0.2) is 33.9 Å². The molecule has 1 N–H and O–H groups in total. The second-order valence-corrected chi connectivity index (χ2v) is 6.27. The van der Waals surface area contributed by atoms with Crippen LogP contribution in [0.5, 0.6) is 0 Å². The summed E-state index contributed by atoms with van der Waals surface area (Å²) in [5.41, 5.74) is 0. The Kier molecular flexibility index (Phi) is 5.76. The smallest absolute Gasteiger partial charge is 0.185 e. The number of nitrogens with zero attached hydrogens (tertiary/aromatic N) is 4. The first-order valence-corrected chi connectivity index (χ1v) is 8.39. The Labute approximate surface area is 131 Å². The molecule has 0 amide bonds. The summed E-state index contributed by atoms with van der Waals surface area (Å²) in [6.07, 6.45) is 5.81. The van der Waals surface area contributed by atoms with Gasteiger partial charge in [-0.2, -0.15) is 5.10 Å². The zero-order valence-corrected chi connectivity index (χ0v) is 14.1. The van der Waals surface area contributed by atoms with E-state index in [2.05, 4.69) is 48.0 Å². The van der Waals surface area contributed by atoms with Gasteiger partial charge in [0.05, 0.1) is 6.04 Å². The fourth-order valence-electron chi connectivity index (χ4n) is 2.20. The third-order valence-electron chi connectivity index (χ3n) is 3.84. The fraction of sp³-hybridized carbons (Fsp3) is 0.600. The lowest BCUT2D eigenvalue weighted by Gasteiger charge is -2.21. The van der Waals surface area contributed by atoms with Crippen molar-refractivity contribution in [2.24, 2.45) is 0 Å². The Hall–Kier alpha value is -1.40. The zero-order chi connectivity index (χ0) is 15.2. The quantitative estimate of drug-likeness (QED) is 0.814. The number of hydrogen-bond acceptors (Lipinski definition) is 5. The van der Waals surface area contributed by atoms with Crippen LogP contribution < -0.4 is 10.2 Å². The lowest BCUT2D eigenvalue weighted by Crippen LogP contribution is -2.33. The van der Waals surface area contributed by atoms with Gasteiger partial charge in [-0.15, -0.1) is 11.3 Å². The Morgan fingerprint density at radius 2 is 2.10 bits per heavy atom. The molecule has 6 heteroatoms. The number of anilines is 1. The first kappa shape index (κ1) is 16.0. The van der Waals surface area contributed by atoms with E-state index in [0.29, 0.717) is 12.1 Å². The van der Waals surface area contributed by atoms with Crippen LogP contribution in [0.3, 0.4) is 0 Å². The SMILES string of the molecule is CCN(CC)c1ncc(CN[C@H](C)[C@@H](C)n2cccn2)s1. The van der Waals surface area contributed by atoms with Crippen LogP contribution in [0.25, 0.3) is 0 Å². The Balaban J connectivity index is 1.88. The first-order chi connectivity index (χ1) is 10.2. The molecule has 2 aromatic rings. The van der Waals surface area contributed by atoms with Crippen LogP contribution in [0.1, 0.15) is 38.6 Å². The Bertz CT molecular complexity index is 518. The molecule has 2 atom stereocenters. The molecule has 0 spiro atoms. The summed E-state index contributed by atoms with van der Waals surface area (Å²) in [6, 6.07) is 2.64. The van der Waals surface area contributed by atoms with Crippen LogP contribution in [-0.2, 0) is 6.54 Å². The van der Waals surface area contributed by atoms with Gasteiger partial charge >= 0.3 is 0 Å². The predicted octanol–water partition coefficient (Wildman–Crippen LogP) is 2.93. The number of nitrogens with one attached hydrogen (secondary N) is 1. The molecule has 0 aromatic carbocycles. The average Bonchev–Trinajstić information content (AvgIpc) is 3.17. The molecule has 0 unspecified atom stereocenters. The molecule has 0 saturated heterocycles. The van der Waals surface area contributed by atoms with E-state index in [4.69, 9.17) is 0 Å². The van der Waals surface area contributed by atoms with Crippen molar-refractivity contribution in [1.82, 2.24) is 20.1 Å². The minimum Gasteiger partial charge on any atom is -0.349 e. The molecule has 0 aliphatic carbocycles. The lowest BCUT2D eigenvalue weighted by atomic mass is 10.2. The van der Waals surface area contributed by atoms with Gasteiger partial charge < -0.3 is 10.2 Å². The maximum atomic E-state index is 4.52. The lowest BCUT2D eigenvalue weighted by molar-refractivity contribution is 0.366. The van der Waals surface area contributed by atoms with Crippen molar-refractivity contribution in [3.8, 4) is 0 Å². The molecule has 21 heavy (non-hydrogen) atoms. The summed E-state index contributed by atoms with van der Waals surface area (Å²) in [6.45, 7) is 11.6. The maximum absolute atomic E-state index is 4.52. The molecule has 0 saturated carbocycles. The van der Waals surface area contributed by atoms with E-state index in [1.54, 1.807) is 11.3 Å². The number of thiazole rings is 1. The van der Waals surface area contributed by atoms with Crippen molar-refractivity contribution in [3.05, 3.63) is 29.5 Å². The Morgan fingerprint density at radius 3 is 2.71 bits per heavy atom. The summed E-state index contributed by atoms with van der Waals surface area (Å²) in [5.74, 6) is 0. The number of rotatable bonds is 8. The average molecular weight is 307 g/mol. The van der Waals surface area contributed by atoms with Gasteiger partial charge in [0.15, 0.2) is 5.13 Å². The minimum absolute atomic E-state index is 0.329. The molecule has 0 aliphatic heterocycles. The molecule has 0 bridgehead atoms. The minimum atomic E-state index is 0.329. The second kappa shape index (κ2) is 7.56. The highest BCUT2D eigenvalue weighted by Gasteiger charge is 2.14. The summed E-state index contributed by atoms with van der Waals surface area (Å²) in [5, 5.41) is 8.98. The van der Waals surface area contributed by atoms with Crippen molar-refractivity contribution in [3.63, 3.8) is 0 Å². The molecule has 0 radical (unpaired) electrons. The number of hydrogen-bond donors (Lipinski definition) is 1. The third-order valence-corrected chi connectivity index (χ3v) is 4.90. The maximum Gasteiger partial charge on any atom is 0.185 e. The van der Waals surface area contributed by atoms with Gasteiger partial charge in [0, 0.05) is 49.1 Å². The van der Waals surface area contributed by atoms with Crippen molar-refractivity contribution in [1.29, 1.82) is 0 Å². The summed E-state index contributed by atoms with van der Waals surface area (Å²) >= 11 is 1.77. The van der Waals surface area contributed by atoms with Crippen LogP contribution >= 0.6 is 11.3 Å². The van der Waals surface area contributed by atoms with Crippen LogP contribution in [0.15, 0.2) is 24.7 Å².